The predicted octanol–water partition coefficient (Wildman–Crippen LogP) is 6.16. The van der Waals surface area contributed by atoms with E-state index in [1.54, 1.807) is 19.1 Å². The van der Waals surface area contributed by atoms with Crippen molar-refractivity contribution >= 4 is 17.5 Å². The molecule has 3 unspecified atom stereocenters. The normalized spacial score (nSPS) is 27.4. The smallest absolute Gasteiger partial charge is 0.257 e. The zero-order chi connectivity index (χ0) is 27.6. The molecule has 2 aliphatic carbocycles. The molecule has 7 heteroatoms. The summed E-state index contributed by atoms with van der Waals surface area (Å²) >= 11 is 0. The Bertz CT molecular complexity index is 1190. The molecule has 40 heavy (non-hydrogen) atoms. The number of hydrogen-bond donors (Lipinski definition) is 2. The van der Waals surface area contributed by atoms with Crippen LogP contribution in [-0.2, 0) is 9.53 Å². The first-order valence-electron chi connectivity index (χ1n) is 15.3. The number of rotatable bonds is 6. The molecule has 0 bridgehead atoms. The third-order valence-electron chi connectivity index (χ3n) is 9.77. The zero-order valence-corrected chi connectivity index (χ0v) is 23.5. The van der Waals surface area contributed by atoms with E-state index in [-0.39, 0.29) is 35.4 Å². The number of halogens is 1. The van der Waals surface area contributed by atoms with Crippen LogP contribution < -0.4 is 10.6 Å². The van der Waals surface area contributed by atoms with E-state index in [0.717, 1.165) is 49.8 Å². The van der Waals surface area contributed by atoms with Crippen molar-refractivity contribution in [3.63, 3.8) is 0 Å². The molecule has 214 valence electrons. The van der Waals surface area contributed by atoms with Gasteiger partial charge in [-0.1, -0.05) is 43.5 Å². The maximum Gasteiger partial charge on any atom is 0.257 e. The molecular weight excluding hydrogens is 505 g/mol. The SMILES string of the molecule is Cc1cccc(F)c1C(=O)N1C2CCCC2CC(C(=O)NC2CCOCC2)[C@@H]1c1ccc(NC2CCCC2)cc1. The molecule has 2 aromatic rings. The van der Waals surface area contributed by atoms with Crippen LogP contribution in [0.5, 0.6) is 0 Å². The van der Waals surface area contributed by atoms with Crippen molar-refractivity contribution in [3.8, 4) is 0 Å². The maximum atomic E-state index is 15.2. The van der Waals surface area contributed by atoms with Crippen LogP contribution in [0.25, 0.3) is 0 Å². The van der Waals surface area contributed by atoms with Gasteiger partial charge in [0.15, 0.2) is 0 Å². The molecule has 2 N–H and O–H groups in total. The molecule has 2 saturated heterocycles. The fourth-order valence-corrected chi connectivity index (χ4v) is 7.70. The van der Waals surface area contributed by atoms with Gasteiger partial charge >= 0.3 is 0 Å². The standard InChI is InChI=1S/C33H42FN3O3/c1-21-6-4-10-28(34)30(21)33(39)37-29-11-5-7-23(29)20-27(32(38)36-26-16-18-40-19-17-26)31(37)22-12-14-25(15-13-22)35-24-8-2-3-9-24/h4,6,10,12-15,23-24,26-27,29,31,35H,2-3,5,7-9,11,16-20H2,1H3,(H,36,38)/t23?,27?,29?,31-/m0/s1. The number of amides is 2. The van der Waals surface area contributed by atoms with E-state index in [1.165, 1.54) is 31.7 Å². The van der Waals surface area contributed by atoms with Crippen LogP contribution >= 0.6 is 0 Å². The van der Waals surface area contributed by atoms with Gasteiger partial charge in [-0.15, -0.1) is 0 Å². The quantitative estimate of drug-likeness (QED) is 0.455. The Morgan fingerprint density at radius 2 is 1.65 bits per heavy atom. The third-order valence-corrected chi connectivity index (χ3v) is 9.77. The number of piperidine rings is 1. The average Bonchev–Trinajstić information content (AvgIpc) is 3.65. The second-order valence-corrected chi connectivity index (χ2v) is 12.3. The topological polar surface area (TPSA) is 70.7 Å². The number of aryl methyl sites for hydroxylation is 1. The molecule has 2 aromatic carbocycles. The minimum Gasteiger partial charge on any atom is -0.382 e. The van der Waals surface area contributed by atoms with Gasteiger partial charge in [0.1, 0.15) is 5.82 Å². The van der Waals surface area contributed by atoms with Crippen molar-refractivity contribution < 1.29 is 18.7 Å². The van der Waals surface area contributed by atoms with E-state index >= 15 is 4.39 Å². The summed E-state index contributed by atoms with van der Waals surface area (Å²) in [4.78, 5) is 30.2. The van der Waals surface area contributed by atoms with E-state index in [9.17, 15) is 9.59 Å². The molecule has 2 saturated carbocycles. The number of likely N-dealkylation sites (tertiary alicyclic amines) is 1. The Balaban J connectivity index is 1.37. The Labute approximate surface area is 237 Å². The van der Waals surface area contributed by atoms with Gasteiger partial charge in [0.25, 0.3) is 5.91 Å². The highest BCUT2D eigenvalue weighted by Gasteiger charge is 2.50. The Hall–Kier alpha value is -2.93. The fraction of sp³-hybridized carbons (Fsp3) is 0.576. The van der Waals surface area contributed by atoms with Gasteiger partial charge in [-0.05, 0) is 87.1 Å². The second kappa shape index (κ2) is 11.9. The largest absolute Gasteiger partial charge is 0.382 e. The second-order valence-electron chi connectivity index (χ2n) is 12.3. The molecular formula is C33H42FN3O3. The summed E-state index contributed by atoms with van der Waals surface area (Å²) in [6.45, 7) is 3.09. The van der Waals surface area contributed by atoms with Crippen molar-refractivity contribution in [3.05, 3.63) is 65.0 Å². The molecule has 0 aromatic heterocycles. The van der Waals surface area contributed by atoms with Crippen LogP contribution in [0.1, 0.15) is 91.7 Å². The minimum absolute atomic E-state index is 0.0000676. The molecule has 2 heterocycles. The summed E-state index contributed by atoms with van der Waals surface area (Å²) in [5, 5.41) is 6.96. The molecule has 6 nitrogen and oxygen atoms in total. The molecule has 0 spiro atoms. The Morgan fingerprint density at radius 1 is 0.900 bits per heavy atom. The Morgan fingerprint density at radius 3 is 2.38 bits per heavy atom. The first kappa shape index (κ1) is 27.3. The highest BCUT2D eigenvalue weighted by Crippen LogP contribution is 2.49. The number of benzene rings is 2. The first-order valence-corrected chi connectivity index (χ1v) is 15.3. The van der Waals surface area contributed by atoms with Crippen molar-refractivity contribution in [2.24, 2.45) is 11.8 Å². The summed E-state index contributed by atoms with van der Waals surface area (Å²) in [5.74, 6) is -0.955. The number of nitrogens with one attached hydrogen (secondary N) is 2. The number of fused-ring (bicyclic) bond motifs is 1. The minimum atomic E-state index is -0.497. The lowest BCUT2D eigenvalue weighted by molar-refractivity contribution is -0.131. The van der Waals surface area contributed by atoms with Gasteiger partial charge in [0.2, 0.25) is 5.91 Å². The van der Waals surface area contributed by atoms with Crippen LogP contribution in [0, 0.1) is 24.6 Å². The lowest BCUT2D eigenvalue weighted by atomic mass is 9.75. The molecule has 2 amide bonds. The van der Waals surface area contributed by atoms with Crippen LogP contribution in [0.15, 0.2) is 42.5 Å². The summed E-state index contributed by atoms with van der Waals surface area (Å²) in [7, 11) is 0. The Kier molecular flexibility index (Phi) is 8.10. The van der Waals surface area contributed by atoms with Crippen molar-refractivity contribution in [2.75, 3.05) is 18.5 Å². The highest BCUT2D eigenvalue weighted by atomic mass is 19.1. The maximum absolute atomic E-state index is 15.2. The van der Waals surface area contributed by atoms with E-state index < -0.39 is 17.8 Å². The molecule has 4 atom stereocenters. The van der Waals surface area contributed by atoms with Crippen molar-refractivity contribution in [2.45, 2.75) is 95.3 Å². The summed E-state index contributed by atoms with van der Waals surface area (Å²) < 4.78 is 20.7. The van der Waals surface area contributed by atoms with E-state index in [2.05, 4.69) is 34.9 Å². The molecule has 0 radical (unpaired) electrons. The van der Waals surface area contributed by atoms with Crippen LogP contribution in [0.4, 0.5) is 10.1 Å². The average molecular weight is 548 g/mol. The number of hydrogen-bond acceptors (Lipinski definition) is 4. The monoisotopic (exact) mass is 547 g/mol. The van der Waals surface area contributed by atoms with E-state index in [0.29, 0.717) is 24.8 Å². The van der Waals surface area contributed by atoms with Gasteiger partial charge in [-0.25, -0.2) is 4.39 Å². The van der Waals surface area contributed by atoms with E-state index in [1.807, 2.05) is 4.90 Å². The van der Waals surface area contributed by atoms with Crippen molar-refractivity contribution in [1.29, 1.82) is 0 Å². The van der Waals surface area contributed by atoms with Crippen molar-refractivity contribution in [1.82, 2.24) is 10.2 Å². The number of carbonyl (C=O) groups is 2. The molecule has 4 aliphatic rings. The number of carbonyl (C=O) groups excluding carboxylic acids is 2. The molecule has 4 fully saturated rings. The first-order chi connectivity index (χ1) is 19.5. The fourth-order valence-electron chi connectivity index (χ4n) is 7.70. The highest BCUT2D eigenvalue weighted by molar-refractivity contribution is 5.97. The summed E-state index contributed by atoms with van der Waals surface area (Å²) in [6, 6.07) is 13.2. The number of anilines is 1. The predicted molar refractivity (Wildman–Crippen MR) is 154 cm³/mol. The summed E-state index contributed by atoms with van der Waals surface area (Å²) in [5.41, 5.74) is 2.76. The van der Waals surface area contributed by atoms with Crippen LogP contribution in [-0.4, -0.2) is 48.1 Å². The zero-order valence-electron chi connectivity index (χ0n) is 23.5. The van der Waals surface area contributed by atoms with Gasteiger partial charge in [-0.2, -0.15) is 0 Å². The third kappa shape index (κ3) is 5.50. The lowest BCUT2D eigenvalue weighted by Crippen LogP contribution is -2.55. The van der Waals surface area contributed by atoms with Crippen LogP contribution in [0.3, 0.4) is 0 Å². The van der Waals surface area contributed by atoms with Crippen LogP contribution in [0.2, 0.25) is 0 Å². The lowest BCUT2D eigenvalue weighted by Gasteiger charge is -2.48. The van der Waals surface area contributed by atoms with Gasteiger partial charge in [-0.3, -0.25) is 9.59 Å². The summed E-state index contributed by atoms with van der Waals surface area (Å²) in [6.07, 6.45) is 10.1. The molecule has 2 aliphatic heterocycles. The van der Waals surface area contributed by atoms with Gasteiger partial charge < -0.3 is 20.3 Å². The molecule has 6 rings (SSSR count). The number of nitrogens with zero attached hydrogens (tertiary/aromatic N) is 1. The van der Waals surface area contributed by atoms with Gasteiger partial charge in [0.05, 0.1) is 17.5 Å². The van der Waals surface area contributed by atoms with Gasteiger partial charge in [0, 0.05) is 37.0 Å². The van der Waals surface area contributed by atoms with E-state index in [4.69, 9.17) is 4.74 Å². The number of ether oxygens (including phenoxy) is 1.